The van der Waals surface area contributed by atoms with Crippen LogP contribution in [0.4, 0.5) is 0 Å². The van der Waals surface area contributed by atoms with Gasteiger partial charge in [-0.25, -0.2) is 0 Å². The van der Waals surface area contributed by atoms with Crippen molar-refractivity contribution in [3.05, 3.63) is 41.0 Å². The van der Waals surface area contributed by atoms with Crippen molar-refractivity contribution in [2.75, 3.05) is 7.11 Å². The van der Waals surface area contributed by atoms with E-state index >= 15 is 0 Å². The lowest BCUT2D eigenvalue weighted by Crippen LogP contribution is -2.35. The van der Waals surface area contributed by atoms with E-state index < -0.39 is 11.7 Å². The first-order valence-electron chi connectivity index (χ1n) is 9.35. The topological polar surface area (TPSA) is 90.2 Å². The van der Waals surface area contributed by atoms with Crippen LogP contribution in [0.1, 0.15) is 58.9 Å². The quantitative estimate of drug-likeness (QED) is 0.457. The van der Waals surface area contributed by atoms with Gasteiger partial charge in [-0.1, -0.05) is 23.3 Å². The molecule has 0 saturated heterocycles. The van der Waals surface area contributed by atoms with Crippen molar-refractivity contribution in [1.82, 2.24) is 0 Å². The summed E-state index contributed by atoms with van der Waals surface area (Å²) in [5.41, 5.74) is 1.74. The molecule has 0 heterocycles. The Morgan fingerprint density at radius 2 is 1.74 bits per heavy atom. The van der Waals surface area contributed by atoms with Gasteiger partial charge in [-0.2, -0.15) is 0 Å². The van der Waals surface area contributed by atoms with Crippen LogP contribution in [-0.2, 0) is 6.42 Å². The summed E-state index contributed by atoms with van der Waals surface area (Å²) in [4.78, 5) is 0. The summed E-state index contributed by atoms with van der Waals surface area (Å²) in [7, 11) is 1.48. The molecule has 0 aliphatic carbocycles. The highest BCUT2D eigenvalue weighted by atomic mass is 16.5. The molecule has 1 rings (SSSR count). The highest BCUT2D eigenvalue weighted by Crippen LogP contribution is 2.36. The molecule has 0 fully saturated rings. The molecule has 0 unspecified atom stereocenters. The van der Waals surface area contributed by atoms with E-state index in [9.17, 15) is 20.4 Å². The standard InChI is InChI=1S/C22H34O5/c1-15(7-6-8-16(2)10-14-20(24)22(3,4)26)9-11-17-18(23)12-13-19(27-5)21(17)25/h8-9,12-13,20,23-26H,6-7,10-11,14H2,1-5H3/b15-9+,16-8+/t20-/m1/s1. The number of benzene rings is 1. The second kappa shape index (κ2) is 10.4. The number of rotatable bonds is 10. The zero-order valence-corrected chi connectivity index (χ0v) is 17.1. The van der Waals surface area contributed by atoms with Crippen LogP contribution in [-0.4, -0.2) is 39.2 Å². The van der Waals surface area contributed by atoms with Gasteiger partial charge in [0.05, 0.1) is 18.8 Å². The SMILES string of the molecule is COc1ccc(O)c(C/C=C(\C)CC/C=C(\C)CC[C@@H](O)C(C)(C)O)c1O. The smallest absolute Gasteiger partial charge is 0.164 e. The third-order valence-corrected chi connectivity index (χ3v) is 4.75. The largest absolute Gasteiger partial charge is 0.508 e. The summed E-state index contributed by atoms with van der Waals surface area (Å²) in [5, 5.41) is 39.7. The number of methoxy groups -OCH3 is 1. The fourth-order valence-electron chi connectivity index (χ4n) is 2.71. The fourth-order valence-corrected chi connectivity index (χ4v) is 2.71. The average Bonchev–Trinajstić information content (AvgIpc) is 2.58. The van der Waals surface area contributed by atoms with E-state index in [-0.39, 0.29) is 11.5 Å². The van der Waals surface area contributed by atoms with E-state index in [1.165, 1.54) is 24.8 Å². The highest BCUT2D eigenvalue weighted by molar-refractivity contribution is 5.53. The Morgan fingerprint density at radius 1 is 1.11 bits per heavy atom. The lowest BCUT2D eigenvalue weighted by molar-refractivity contribution is -0.0509. The third-order valence-electron chi connectivity index (χ3n) is 4.75. The van der Waals surface area contributed by atoms with Crippen molar-refractivity contribution in [3.63, 3.8) is 0 Å². The maximum absolute atomic E-state index is 10.1. The molecule has 0 amide bonds. The molecule has 5 nitrogen and oxygen atoms in total. The van der Waals surface area contributed by atoms with Crippen LogP contribution < -0.4 is 4.74 Å². The van der Waals surface area contributed by atoms with Crippen molar-refractivity contribution >= 4 is 0 Å². The summed E-state index contributed by atoms with van der Waals surface area (Å²) in [6.07, 6.45) is 6.88. The molecule has 0 aromatic heterocycles. The second-order valence-corrected chi connectivity index (χ2v) is 7.67. The number of aromatic hydroxyl groups is 2. The molecule has 0 spiro atoms. The van der Waals surface area contributed by atoms with Gasteiger partial charge in [0.1, 0.15) is 5.75 Å². The third kappa shape index (κ3) is 7.65. The molecule has 1 aromatic carbocycles. The molecule has 0 bridgehead atoms. The van der Waals surface area contributed by atoms with Crippen molar-refractivity contribution in [2.24, 2.45) is 0 Å². The monoisotopic (exact) mass is 378 g/mol. The fraction of sp³-hybridized carbons (Fsp3) is 0.545. The van der Waals surface area contributed by atoms with Gasteiger partial charge in [-0.15, -0.1) is 0 Å². The molecule has 1 atom stereocenters. The lowest BCUT2D eigenvalue weighted by Gasteiger charge is -2.24. The molecule has 152 valence electrons. The van der Waals surface area contributed by atoms with Crippen LogP contribution in [0, 0.1) is 0 Å². The van der Waals surface area contributed by atoms with Gasteiger partial charge in [-0.05, 0) is 71.9 Å². The number of aliphatic hydroxyl groups excluding tert-OH is 1. The Balaban J connectivity index is 2.54. The molecule has 0 aliphatic rings. The summed E-state index contributed by atoms with van der Waals surface area (Å²) in [5.74, 6) is 0.377. The van der Waals surface area contributed by atoms with Crippen LogP contribution in [0.3, 0.4) is 0 Å². The molecular formula is C22H34O5. The predicted molar refractivity (Wildman–Crippen MR) is 108 cm³/mol. The van der Waals surface area contributed by atoms with E-state index in [0.717, 1.165) is 24.8 Å². The summed E-state index contributed by atoms with van der Waals surface area (Å²) in [6, 6.07) is 3.05. The minimum absolute atomic E-state index is 0.0253. The predicted octanol–water partition coefficient (Wildman–Crippen LogP) is 4.23. The van der Waals surface area contributed by atoms with E-state index in [2.05, 4.69) is 6.08 Å². The number of aliphatic hydroxyl groups is 2. The van der Waals surface area contributed by atoms with Crippen molar-refractivity contribution in [3.8, 4) is 17.2 Å². The molecule has 0 saturated carbocycles. The van der Waals surface area contributed by atoms with Crippen LogP contribution >= 0.6 is 0 Å². The molecule has 0 aliphatic heterocycles. The minimum Gasteiger partial charge on any atom is -0.508 e. The molecule has 5 heteroatoms. The molecule has 27 heavy (non-hydrogen) atoms. The Morgan fingerprint density at radius 3 is 2.33 bits per heavy atom. The number of phenolic OH excluding ortho intramolecular Hbond substituents is 2. The number of hydrogen-bond acceptors (Lipinski definition) is 5. The normalized spacial score (nSPS) is 14.3. The van der Waals surface area contributed by atoms with Gasteiger partial charge < -0.3 is 25.2 Å². The maximum Gasteiger partial charge on any atom is 0.164 e. The number of phenols is 2. The van der Waals surface area contributed by atoms with E-state index in [1.807, 2.05) is 19.9 Å². The second-order valence-electron chi connectivity index (χ2n) is 7.67. The number of ether oxygens (including phenoxy) is 1. The van der Waals surface area contributed by atoms with Gasteiger partial charge in [0.2, 0.25) is 0 Å². The molecule has 0 radical (unpaired) electrons. The summed E-state index contributed by atoms with van der Waals surface area (Å²) < 4.78 is 5.08. The first-order valence-corrected chi connectivity index (χ1v) is 9.35. The van der Waals surface area contributed by atoms with Crippen LogP contribution in [0.5, 0.6) is 17.2 Å². The highest BCUT2D eigenvalue weighted by Gasteiger charge is 2.23. The van der Waals surface area contributed by atoms with E-state index in [0.29, 0.717) is 24.2 Å². The summed E-state index contributed by atoms with van der Waals surface area (Å²) >= 11 is 0. The Hall–Kier alpha value is -1.98. The van der Waals surface area contributed by atoms with Gasteiger partial charge in [-0.3, -0.25) is 0 Å². The number of hydrogen-bond donors (Lipinski definition) is 4. The average molecular weight is 379 g/mol. The van der Waals surface area contributed by atoms with Crippen LogP contribution in [0.15, 0.2) is 35.4 Å². The zero-order chi connectivity index (χ0) is 20.6. The van der Waals surface area contributed by atoms with E-state index in [1.54, 1.807) is 13.8 Å². The van der Waals surface area contributed by atoms with Gasteiger partial charge >= 0.3 is 0 Å². The van der Waals surface area contributed by atoms with Gasteiger partial charge in [0, 0.05) is 5.56 Å². The zero-order valence-electron chi connectivity index (χ0n) is 17.1. The lowest BCUT2D eigenvalue weighted by atomic mass is 9.95. The van der Waals surface area contributed by atoms with E-state index in [4.69, 9.17) is 4.74 Å². The van der Waals surface area contributed by atoms with Gasteiger partial charge in [0.15, 0.2) is 11.5 Å². The van der Waals surface area contributed by atoms with Crippen molar-refractivity contribution in [1.29, 1.82) is 0 Å². The summed E-state index contributed by atoms with van der Waals surface area (Å²) in [6.45, 7) is 7.28. The minimum atomic E-state index is -1.07. The Labute approximate surface area is 162 Å². The maximum atomic E-state index is 10.1. The van der Waals surface area contributed by atoms with Crippen molar-refractivity contribution < 1.29 is 25.2 Å². The molecule has 4 N–H and O–H groups in total. The molecule has 1 aromatic rings. The molecular weight excluding hydrogens is 344 g/mol. The van der Waals surface area contributed by atoms with Crippen molar-refractivity contribution in [2.45, 2.75) is 71.5 Å². The first kappa shape index (κ1) is 23.1. The Bertz CT molecular complexity index is 668. The Kier molecular flexibility index (Phi) is 8.86. The van der Waals surface area contributed by atoms with Gasteiger partial charge in [0.25, 0.3) is 0 Å². The number of allylic oxidation sites excluding steroid dienone is 4. The first-order chi connectivity index (χ1) is 12.6. The van der Waals surface area contributed by atoms with Crippen LogP contribution in [0.25, 0.3) is 0 Å². The van der Waals surface area contributed by atoms with Crippen LogP contribution in [0.2, 0.25) is 0 Å².